The van der Waals surface area contributed by atoms with Crippen LogP contribution in [0.3, 0.4) is 0 Å². The molecule has 1 saturated carbocycles. The van der Waals surface area contributed by atoms with Crippen LogP contribution in [0.5, 0.6) is 5.75 Å². The number of benzene rings is 1. The maximum Gasteiger partial charge on any atom is 0.420 e. The molecule has 2 rings (SSSR count). The molecule has 0 atom stereocenters. The highest BCUT2D eigenvalue weighted by atomic mass is 19.4. The summed E-state index contributed by atoms with van der Waals surface area (Å²) in [4.78, 5) is 12.3. The van der Waals surface area contributed by atoms with Gasteiger partial charge in [0.05, 0.1) is 12.7 Å². The second kappa shape index (κ2) is 6.16. The Morgan fingerprint density at radius 1 is 1.23 bits per heavy atom. The lowest BCUT2D eigenvalue weighted by Gasteiger charge is -2.26. The average molecular weight is 317 g/mol. The lowest BCUT2D eigenvalue weighted by molar-refractivity contribution is -0.139. The van der Waals surface area contributed by atoms with E-state index >= 15 is 0 Å². The average Bonchev–Trinajstić information content (AvgIpc) is 2.96. The third-order valence-electron chi connectivity index (χ3n) is 3.98. The molecular weight excluding hydrogens is 299 g/mol. The summed E-state index contributed by atoms with van der Waals surface area (Å²) in [6.45, 7) is 0. The maximum absolute atomic E-state index is 13.0. The third-order valence-corrected chi connectivity index (χ3v) is 3.98. The van der Waals surface area contributed by atoms with Crippen molar-refractivity contribution in [1.82, 2.24) is 0 Å². The van der Waals surface area contributed by atoms with E-state index in [0.717, 1.165) is 18.9 Å². The zero-order chi connectivity index (χ0) is 16.4. The molecule has 7 heteroatoms. The van der Waals surface area contributed by atoms with E-state index in [4.69, 9.17) is 9.47 Å². The van der Waals surface area contributed by atoms with E-state index in [9.17, 15) is 18.0 Å². The van der Waals surface area contributed by atoms with E-state index < -0.39 is 23.2 Å². The van der Waals surface area contributed by atoms with Crippen LogP contribution in [0.15, 0.2) is 18.2 Å². The number of nitrogens with one attached hydrogen (secondary N) is 1. The first-order valence-electron chi connectivity index (χ1n) is 6.94. The van der Waals surface area contributed by atoms with Crippen molar-refractivity contribution in [3.05, 3.63) is 23.8 Å². The molecule has 22 heavy (non-hydrogen) atoms. The van der Waals surface area contributed by atoms with Gasteiger partial charge in [-0.1, -0.05) is 0 Å². The van der Waals surface area contributed by atoms with Crippen molar-refractivity contribution in [2.75, 3.05) is 19.5 Å². The van der Waals surface area contributed by atoms with Crippen LogP contribution in [-0.4, -0.2) is 25.7 Å². The van der Waals surface area contributed by atoms with Gasteiger partial charge in [-0.25, -0.2) is 0 Å². The normalized spacial score (nSPS) is 17.3. The third kappa shape index (κ3) is 3.19. The summed E-state index contributed by atoms with van der Waals surface area (Å²) < 4.78 is 49.0. The lowest BCUT2D eigenvalue weighted by Crippen LogP contribution is -2.42. The van der Waals surface area contributed by atoms with Gasteiger partial charge in [0.1, 0.15) is 11.4 Å². The Kier molecular flexibility index (Phi) is 4.65. The van der Waals surface area contributed by atoms with Gasteiger partial charge in [0.25, 0.3) is 5.91 Å². The monoisotopic (exact) mass is 317 g/mol. The Labute approximate surface area is 126 Å². The van der Waals surface area contributed by atoms with Gasteiger partial charge in [0, 0.05) is 12.8 Å². The Morgan fingerprint density at radius 3 is 2.36 bits per heavy atom. The molecule has 1 aliphatic rings. The fourth-order valence-electron chi connectivity index (χ4n) is 2.72. The Bertz CT molecular complexity index is 551. The maximum atomic E-state index is 13.0. The highest BCUT2D eigenvalue weighted by Crippen LogP contribution is 2.38. The van der Waals surface area contributed by atoms with E-state index in [0.29, 0.717) is 12.8 Å². The molecule has 4 nitrogen and oxygen atoms in total. The van der Waals surface area contributed by atoms with E-state index in [1.807, 2.05) is 0 Å². The molecule has 1 aliphatic carbocycles. The molecule has 1 aromatic carbocycles. The number of amides is 1. The van der Waals surface area contributed by atoms with Crippen LogP contribution in [-0.2, 0) is 15.7 Å². The zero-order valence-corrected chi connectivity index (χ0v) is 12.4. The number of anilines is 1. The van der Waals surface area contributed by atoms with Crippen molar-refractivity contribution in [1.29, 1.82) is 0 Å². The largest absolute Gasteiger partial charge is 0.496 e. The van der Waals surface area contributed by atoms with Crippen LogP contribution in [0.4, 0.5) is 18.9 Å². The SMILES string of the molecule is COc1ccc(NC(=O)C2(OC)CCCC2)cc1C(F)(F)F. The van der Waals surface area contributed by atoms with Gasteiger partial charge in [0.15, 0.2) is 0 Å². The van der Waals surface area contributed by atoms with Gasteiger partial charge >= 0.3 is 6.18 Å². The first-order chi connectivity index (χ1) is 10.3. The fourth-order valence-corrected chi connectivity index (χ4v) is 2.72. The lowest BCUT2D eigenvalue weighted by atomic mass is 10.0. The minimum absolute atomic E-state index is 0.0708. The standard InChI is InChI=1S/C15H18F3NO3/c1-21-12-6-5-10(9-11(12)15(16,17)18)19-13(20)14(22-2)7-3-4-8-14/h5-6,9H,3-4,7-8H2,1-2H3,(H,19,20). The Morgan fingerprint density at radius 2 is 1.86 bits per heavy atom. The van der Waals surface area contributed by atoms with Crippen molar-refractivity contribution in [3.8, 4) is 5.75 Å². The van der Waals surface area contributed by atoms with E-state index in [-0.39, 0.29) is 11.4 Å². The molecule has 1 N–H and O–H groups in total. The summed E-state index contributed by atoms with van der Waals surface area (Å²) in [6, 6.07) is 3.44. The van der Waals surface area contributed by atoms with E-state index in [1.165, 1.54) is 26.4 Å². The molecule has 0 bridgehead atoms. The van der Waals surface area contributed by atoms with Crippen molar-refractivity contribution < 1.29 is 27.4 Å². The summed E-state index contributed by atoms with van der Waals surface area (Å²) in [7, 11) is 2.61. The number of halogens is 3. The topological polar surface area (TPSA) is 47.6 Å². The number of hydrogen-bond donors (Lipinski definition) is 1. The fraction of sp³-hybridized carbons (Fsp3) is 0.533. The van der Waals surface area contributed by atoms with E-state index in [1.54, 1.807) is 0 Å². The highest BCUT2D eigenvalue weighted by Gasteiger charge is 2.41. The second-order valence-corrected chi connectivity index (χ2v) is 5.27. The number of rotatable bonds is 4. The summed E-state index contributed by atoms with van der Waals surface area (Å²) >= 11 is 0. The van der Waals surface area contributed by atoms with Gasteiger partial charge < -0.3 is 14.8 Å². The van der Waals surface area contributed by atoms with Crippen LogP contribution in [0, 0.1) is 0 Å². The summed E-state index contributed by atoms with van der Waals surface area (Å²) in [5, 5.41) is 2.52. The molecular formula is C15H18F3NO3. The molecule has 0 aliphatic heterocycles. The smallest absolute Gasteiger partial charge is 0.420 e. The quantitative estimate of drug-likeness (QED) is 0.923. The molecule has 0 heterocycles. The van der Waals surface area contributed by atoms with Gasteiger partial charge in [-0.3, -0.25) is 4.79 Å². The predicted molar refractivity (Wildman–Crippen MR) is 74.8 cm³/mol. The molecule has 0 unspecified atom stereocenters. The van der Waals surface area contributed by atoms with Crippen LogP contribution >= 0.6 is 0 Å². The van der Waals surface area contributed by atoms with Gasteiger partial charge in [-0.2, -0.15) is 13.2 Å². The Hall–Kier alpha value is -1.76. The van der Waals surface area contributed by atoms with Crippen LogP contribution in [0.2, 0.25) is 0 Å². The van der Waals surface area contributed by atoms with Gasteiger partial charge in [0.2, 0.25) is 0 Å². The number of ether oxygens (including phenoxy) is 2. The highest BCUT2D eigenvalue weighted by molar-refractivity contribution is 5.97. The van der Waals surface area contributed by atoms with Crippen LogP contribution < -0.4 is 10.1 Å². The summed E-state index contributed by atoms with van der Waals surface area (Å²) in [5.74, 6) is -0.696. The van der Waals surface area contributed by atoms with Crippen LogP contribution in [0.25, 0.3) is 0 Å². The molecule has 1 amide bonds. The number of alkyl halides is 3. The van der Waals surface area contributed by atoms with Crippen molar-refractivity contribution in [2.45, 2.75) is 37.5 Å². The van der Waals surface area contributed by atoms with Crippen molar-refractivity contribution in [2.24, 2.45) is 0 Å². The van der Waals surface area contributed by atoms with Crippen LogP contribution in [0.1, 0.15) is 31.2 Å². The predicted octanol–water partition coefficient (Wildman–Crippen LogP) is 3.61. The zero-order valence-electron chi connectivity index (χ0n) is 12.4. The molecule has 122 valence electrons. The number of methoxy groups -OCH3 is 2. The van der Waals surface area contributed by atoms with Crippen molar-refractivity contribution >= 4 is 11.6 Å². The molecule has 0 saturated heterocycles. The van der Waals surface area contributed by atoms with Gasteiger partial charge in [-0.05, 0) is 43.9 Å². The molecule has 1 aromatic rings. The minimum atomic E-state index is -4.56. The molecule has 0 radical (unpaired) electrons. The Balaban J connectivity index is 2.25. The summed E-state index contributed by atoms with van der Waals surface area (Å²) in [6.07, 6.45) is -1.71. The first-order valence-corrected chi connectivity index (χ1v) is 6.94. The minimum Gasteiger partial charge on any atom is -0.496 e. The number of hydrogen-bond acceptors (Lipinski definition) is 3. The van der Waals surface area contributed by atoms with Gasteiger partial charge in [-0.15, -0.1) is 0 Å². The first kappa shape index (κ1) is 16.6. The summed E-state index contributed by atoms with van der Waals surface area (Å²) in [5.41, 5.74) is -1.80. The van der Waals surface area contributed by atoms with E-state index in [2.05, 4.69) is 5.32 Å². The number of carbonyl (C=O) groups excluding carboxylic acids is 1. The second-order valence-electron chi connectivity index (χ2n) is 5.27. The molecule has 0 spiro atoms. The molecule has 1 fully saturated rings. The van der Waals surface area contributed by atoms with Crippen molar-refractivity contribution in [3.63, 3.8) is 0 Å². The number of carbonyl (C=O) groups is 1. The molecule has 0 aromatic heterocycles.